The van der Waals surface area contributed by atoms with Gasteiger partial charge in [0, 0.05) is 48.9 Å². The highest BCUT2D eigenvalue weighted by atomic mass is 32.2. The molecule has 0 bridgehead atoms. The van der Waals surface area contributed by atoms with Crippen molar-refractivity contribution >= 4 is 27.7 Å². The third-order valence-electron chi connectivity index (χ3n) is 6.62. The van der Waals surface area contributed by atoms with Gasteiger partial charge in [-0.2, -0.15) is 0 Å². The fraction of sp³-hybridized carbons (Fsp3) is 0.481. The minimum Gasteiger partial charge on any atom is -0.487 e. The summed E-state index contributed by atoms with van der Waals surface area (Å²) in [5.74, 6) is 2.31. The number of ether oxygens (including phenoxy) is 2. The minimum absolute atomic E-state index is 0.136. The van der Waals surface area contributed by atoms with Crippen LogP contribution in [-0.2, 0) is 10.8 Å². The summed E-state index contributed by atoms with van der Waals surface area (Å²) < 4.78 is 43.3. The Bertz CT molecular complexity index is 1250. The van der Waals surface area contributed by atoms with E-state index >= 15 is 0 Å². The molecular weight excluding hydrogens is 483 g/mol. The van der Waals surface area contributed by atoms with Gasteiger partial charge in [-0.05, 0) is 49.4 Å². The Morgan fingerprint density at radius 1 is 1.14 bits per heavy atom. The van der Waals surface area contributed by atoms with Gasteiger partial charge in [-0.3, -0.25) is 13.9 Å². The van der Waals surface area contributed by atoms with Crippen molar-refractivity contribution in [1.29, 1.82) is 0 Å². The quantitative estimate of drug-likeness (QED) is 0.358. The molecule has 3 aromatic rings. The number of benzene rings is 2. The Labute approximate surface area is 213 Å². The smallest absolute Gasteiger partial charge is 0.207 e. The summed E-state index contributed by atoms with van der Waals surface area (Å²) in [5, 5.41) is 0. The molecule has 1 saturated heterocycles. The van der Waals surface area contributed by atoms with Crippen LogP contribution < -0.4 is 9.47 Å². The summed E-state index contributed by atoms with van der Waals surface area (Å²) in [6.07, 6.45) is 0.674. The Morgan fingerprint density at radius 2 is 1.81 bits per heavy atom. The van der Waals surface area contributed by atoms with Gasteiger partial charge in [-0.25, -0.2) is 9.37 Å². The van der Waals surface area contributed by atoms with Crippen molar-refractivity contribution in [2.75, 3.05) is 44.4 Å². The molecule has 0 spiro atoms. The van der Waals surface area contributed by atoms with Crippen LogP contribution in [0.25, 0.3) is 11.1 Å². The van der Waals surface area contributed by atoms with E-state index in [-0.39, 0.29) is 17.5 Å². The van der Waals surface area contributed by atoms with Crippen molar-refractivity contribution in [3.63, 3.8) is 0 Å². The summed E-state index contributed by atoms with van der Waals surface area (Å²) in [6, 6.07) is 6.47. The van der Waals surface area contributed by atoms with E-state index in [0.717, 1.165) is 18.7 Å². The van der Waals surface area contributed by atoms with Crippen molar-refractivity contribution in [2.24, 2.45) is 0 Å². The third-order valence-corrected chi connectivity index (χ3v) is 7.89. The number of aryl methyl sites for hydroxylation is 2. The van der Waals surface area contributed by atoms with Crippen LogP contribution in [0.1, 0.15) is 53.6 Å². The molecule has 0 radical (unpaired) electrons. The Morgan fingerprint density at radius 3 is 2.47 bits per heavy atom. The summed E-state index contributed by atoms with van der Waals surface area (Å²) in [4.78, 5) is 19.4. The molecule has 1 aliphatic heterocycles. The number of carbonyl (C=O) groups is 1. The van der Waals surface area contributed by atoms with Crippen LogP contribution in [0, 0.1) is 19.7 Å². The first-order chi connectivity index (χ1) is 17.2. The van der Waals surface area contributed by atoms with Crippen LogP contribution in [0.15, 0.2) is 28.7 Å². The summed E-state index contributed by atoms with van der Waals surface area (Å²) in [7, 11) is -0.740. The molecule has 194 valence electrons. The maximum absolute atomic E-state index is 13.3. The summed E-state index contributed by atoms with van der Waals surface area (Å²) >= 11 is 0. The van der Waals surface area contributed by atoms with Gasteiger partial charge in [0.25, 0.3) is 0 Å². The van der Waals surface area contributed by atoms with Gasteiger partial charge in [0.2, 0.25) is 11.3 Å². The van der Waals surface area contributed by atoms with E-state index in [1.54, 1.807) is 19.1 Å². The zero-order chi connectivity index (χ0) is 25.8. The van der Waals surface area contributed by atoms with Gasteiger partial charge in [0.15, 0.2) is 17.4 Å². The van der Waals surface area contributed by atoms with E-state index in [1.807, 2.05) is 6.92 Å². The van der Waals surface area contributed by atoms with E-state index in [2.05, 4.69) is 16.8 Å². The number of carbonyl (C=O) groups excluding carboxylic acids is 1. The predicted molar refractivity (Wildman–Crippen MR) is 138 cm³/mol. The SMILES string of the molecule is CC(=O)c1c(OCCN2CCS(=O)CC2)c(OCCC(C)c2ccc(F)cc2)c2oc(C)nc2c1C. The standard InChI is InChI=1S/C27H33FN2O5S/c1-17(21-5-7-22(28)8-6-21)9-13-33-27-25(34-14-10-30-11-15-36(32)16-12-30)23(19(3)31)18(2)24-26(27)35-20(4)29-24/h5-8,17H,9-16H2,1-4H3. The molecule has 0 amide bonds. The molecule has 0 N–H and O–H groups in total. The molecule has 36 heavy (non-hydrogen) atoms. The molecule has 9 heteroatoms. The molecular formula is C27H33FN2O5S. The van der Waals surface area contributed by atoms with Gasteiger partial charge in [-0.15, -0.1) is 0 Å². The first kappa shape index (κ1) is 26.3. The number of fused-ring (bicyclic) bond motifs is 1. The van der Waals surface area contributed by atoms with E-state index < -0.39 is 10.8 Å². The number of ketones is 1. The number of hydrogen-bond acceptors (Lipinski definition) is 7. The van der Waals surface area contributed by atoms with E-state index in [0.29, 0.717) is 77.3 Å². The predicted octanol–water partition coefficient (Wildman–Crippen LogP) is 4.80. The average Bonchev–Trinajstić information content (AvgIpc) is 3.24. The topological polar surface area (TPSA) is 81.9 Å². The lowest BCUT2D eigenvalue weighted by molar-refractivity contribution is 0.101. The monoisotopic (exact) mass is 516 g/mol. The van der Waals surface area contributed by atoms with E-state index in [4.69, 9.17) is 13.9 Å². The van der Waals surface area contributed by atoms with Crippen molar-refractivity contribution < 1.29 is 27.3 Å². The number of nitrogens with zero attached hydrogens (tertiary/aromatic N) is 2. The molecule has 7 nitrogen and oxygen atoms in total. The van der Waals surface area contributed by atoms with Crippen LogP contribution in [0.3, 0.4) is 0 Å². The van der Waals surface area contributed by atoms with Crippen molar-refractivity contribution in [2.45, 2.75) is 40.0 Å². The van der Waals surface area contributed by atoms with Gasteiger partial charge >= 0.3 is 0 Å². The summed E-state index contributed by atoms with van der Waals surface area (Å²) in [5.41, 5.74) is 3.22. The fourth-order valence-corrected chi connectivity index (χ4v) is 5.63. The number of Topliss-reactive ketones (excluding diaryl/α,β-unsaturated/α-hetero) is 1. The van der Waals surface area contributed by atoms with Gasteiger partial charge in [0.1, 0.15) is 17.9 Å². The third kappa shape index (κ3) is 5.95. The zero-order valence-electron chi connectivity index (χ0n) is 21.3. The van der Waals surface area contributed by atoms with Gasteiger partial charge < -0.3 is 13.9 Å². The lowest BCUT2D eigenvalue weighted by Gasteiger charge is -2.26. The number of aromatic nitrogens is 1. The molecule has 1 aromatic heterocycles. The maximum atomic E-state index is 13.3. The fourth-order valence-electron chi connectivity index (χ4n) is 4.51. The Hall–Kier alpha value is -2.78. The minimum atomic E-state index is -0.740. The molecule has 1 aliphatic rings. The van der Waals surface area contributed by atoms with Gasteiger partial charge in [-0.1, -0.05) is 19.1 Å². The molecule has 1 atom stereocenters. The molecule has 2 heterocycles. The highest BCUT2D eigenvalue weighted by Gasteiger charge is 2.27. The lowest BCUT2D eigenvalue weighted by Crippen LogP contribution is -2.40. The Balaban J connectivity index is 1.57. The highest BCUT2D eigenvalue weighted by molar-refractivity contribution is 7.85. The first-order valence-electron chi connectivity index (χ1n) is 12.3. The second-order valence-electron chi connectivity index (χ2n) is 9.25. The van der Waals surface area contributed by atoms with Crippen LogP contribution in [-0.4, -0.2) is 64.2 Å². The molecule has 1 unspecified atom stereocenters. The van der Waals surface area contributed by atoms with E-state index in [9.17, 15) is 13.4 Å². The average molecular weight is 517 g/mol. The van der Waals surface area contributed by atoms with Crippen LogP contribution in [0.5, 0.6) is 11.5 Å². The molecule has 4 rings (SSSR count). The van der Waals surface area contributed by atoms with Crippen LogP contribution >= 0.6 is 0 Å². The zero-order valence-corrected chi connectivity index (χ0v) is 22.1. The van der Waals surface area contributed by atoms with Gasteiger partial charge in [0.05, 0.1) is 12.2 Å². The maximum Gasteiger partial charge on any atom is 0.207 e. The number of hydrogen-bond donors (Lipinski definition) is 0. The number of oxazole rings is 1. The first-order valence-corrected chi connectivity index (χ1v) is 13.8. The lowest BCUT2D eigenvalue weighted by atomic mass is 9.98. The molecule has 2 aromatic carbocycles. The number of halogens is 1. The largest absolute Gasteiger partial charge is 0.487 e. The second-order valence-corrected chi connectivity index (χ2v) is 10.9. The summed E-state index contributed by atoms with van der Waals surface area (Å²) in [6.45, 7) is 10.1. The normalized spacial score (nSPS) is 15.8. The van der Waals surface area contributed by atoms with Crippen molar-refractivity contribution in [3.05, 3.63) is 52.7 Å². The molecule has 0 aliphatic carbocycles. The molecule has 1 fully saturated rings. The molecule has 0 saturated carbocycles. The van der Waals surface area contributed by atoms with Crippen LogP contribution in [0.2, 0.25) is 0 Å². The Kier molecular flexibility index (Phi) is 8.41. The van der Waals surface area contributed by atoms with Crippen molar-refractivity contribution in [1.82, 2.24) is 9.88 Å². The van der Waals surface area contributed by atoms with Crippen molar-refractivity contribution in [3.8, 4) is 11.5 Å². The second kappa shape index (κ2) is 11.5. The van der Waals surface area contributed by atoms with E-state index in [1.165, 1.54) is 19.1 Å². The highest BCUT2D eigenvalue weighted by Crippen LogP contribution is 2.43. The van der Waals surface area contributed by atoms with Crippen LogP contribution in [0.4, 0.5) is 4.39 Å². The number of rotatable bonds is 10.